The van der Waals surface area contributed by atoms with Crippen molar-refractivity contribution in [3.05, 3.63) is 53.6 Å². The molecule has 2 aromatic rings. The van der Waals surface area contributed by atoms with Crippen molar-refractivity contribution < 1.29 is 4.79 Å². The minimum Gasteiger partial charge on any atom is -0.385 e. The van der Waals surface area contributed by atoms with E-state index in [4.69, 9.17) is 0 Å². The Bertz CT molecular complexity index is 762. The fourth-order valence-electron chi connectivity index (χ4n) is 3.54. The van der Waals surface area contributed by atoms with Gasteiger partial charge in [0.05, 0.1) is 0 Å². The van der Waals surface area contributed by atoms with Crippen molar-refractivity contribution in [1.29, 1.82) is 0 Å². The summed E-state index contributed by atoms with van der Waals surface area (Å²) in [5, 5.41) is 6.34. The summed E-state index contributed by atoms with van der Waals surface area (Å²) in [6.07, 6.45) is 2.99. The third kappa shape index (κ3) is 5.49. The molecule has 0 atom stereocenters. The van der Waals surface area contributed by atoms with Gasteiger partial charge in [0.1, 0.15) is 0 Å². The Morgan fingerprint density at radius 1 is 1.07 bits per heavy atom. The summed E-state index contributed by atoms with van der Waals surface area (Å²) in [4.78, 5) is 14.6. The molecule has 144 valence electrons. The van der Waals surface area contributed by atoms with Gasteiger partial charge in [-0.05, 0) is 68.5 Å². The lowest BCUT2D eigenvalue weighted by atomic mass is 9.99. The SMILES string of the molecule is Cc1ccc(NC(=O)CCNc2ccc(N3CCC(C)CC3)cc2)c(C)c1. The zero-order valence-electron chi connectivity index (χ0n) is 16.7. The van der Waals surface area contributed by atoms with Crippen molar-refractivity contribution in [3.8, 4) is 0 Å². The van der Waals surface area contributed by atoms with Crippen LogP contribution in [0.2, 0.25) is 0 Å². The molecule has 0 aliphatic carbocycles. The van der Waals surface area contributed by atoms with Crippen molar-refractivity contribution in [2.45, 2.75) is 40.0 Å². The van der Waals surface area contributed by atoms with Crippen LogP contribution in [0.5, 0.6) is 0 Å². The van der Waals surface area contributed by atoms with Crippen molar-refractivity contribution >= 4 is 23.0 Å². The summed E-state index contributed by atoms with van der Waals surface area (Å²) < 4.78 is 0. The van der Waals surface area contributed by atoms with Gasteiger partial charge in [0.2, 0.25) is 5.91 Å². The van der Waals surface area contributed by atoms with Crippen molar-refractivity contribution in [2.24, 2.45) is 5.92 Å². The topological polar surface area (TPSA) is 44.4 Å². The maximum absolute atomic E-state index is 12.2. The molecule has 27 heavy (non-hydrogen) atoms. The van der Waals surface area contributed by atoms with Crippen LogP contribution in [0.3, 0.4) is 0 Å². The van der Waals surface area contributed by atoms with E-state index >= 15 is 0 Å². The number of benzene rings is 2. The molecular weight excluding hydrogens is 334 g/mol. The van der Waals surface area contributed by atoms with E-state index in [1.165, 1.54) is 24.1 Å². The van der Waals surface area contributed by atoms with Gasteiger partial charge >= 0.3 is 0 Å². The maximum atomic E-state index is 12.2. The molecule has 0 saturated carbocycles. The number of anilines is 3. The van der Waals surface area contributed by atoms with Crippen LogP contribution in [0.25, 0.3) is 0 Å². The second-order valence-corrected chi connectivity index (χ2v) is 7.76. The highest BCUT2D eigenvalue weighted by molar-refractivity contribution is 5.91. The van der Waals surface area contributed by atoms with Crippen LogP contribution in [-0.4, -0.2) is 25.5 Å². The number of nitrogens with one attached hydrogen (secondary N) is 2. The van der Waals surface area contributed by atoms with Crippen LogP contribution in [0.4, 0.5) is 17.1 Å². The summed E-state index contributed by atoms with van der Waals surface area (Å²) in [7, 11) is 0. The molecule has 2 N–H and O–H groups in total. The van der Waals surface area contributed by atoms with E-state index in [1.807, 2.05) is 19.1 Å². The number of nitrogens with zero attached hydrogens (tertiary/aromatic N) is 1. The van der Waals surface area contributed by atoms with Gasteiger partial charge < -0.3 is 15.5 Å². The summed E-state index contributed by atoms with van der Waals surface area (Å²) in [6.45, 7) is 9.32. The minimum atomic E-state index is 0.0357. The van der Waals surface area contributed by atoms with Gasteiger partial charge in [-0.25, -0.2) is 0 Å². The predicted molar refractivity (Wildman–Crippen MR) is 115 cm³/mol. The average Bonchev–Trinajstić information content (AvgIpc) is 2.65. The number of hydrogen-bond donors (Lipinski definition) is 2. The van der Waals surface area contributed by atoms with Crippen LogP contribution in [0.15, 0.2) is 42.5 Å². The Balaban J connectivity index is 1.44. The van der Waals surface area contributed by atoms with E-state index in [9.17, 15) is 4.79 Å². The van der Waals surface area contributed by atoms with E-state index in [1.54, 1.807) is 0 Å². The van der Waals surface area contributed by atoms with Gasteiger partial charge in [-0.2, -0.15) is 0 Å². The number of amides is 1. The highest BCUT2D eigenvalue weighted by Crippen LogP contribution is 2.24. The number of piperidine rings is 1. The Morgan fingerprint density at radius 3 is 2.44 bits per heavy atom. The molecule has 0 unspecified atom stereocenters. The fourth-order valence-corrected chi connectivity index (χ4v) is 3.54. The lowest BCUT2D eigenvalue weighted by Gasteiger charge is -2.32. The summed E-state index contributed by atoms with van der Waals surface area (Å²) in [5.74, 6) is 0.880. The van der Waals surface area contributed by atoms with Crippen LogP contribution >= 0.6 is 0 Å². The quantitative estimate of drug-likeness (QED) is 0.759. The largest absolute Gasteiger partial charge is 0.385 e. The molecule has 4 nitrogen and oxygen atoms in total. The van der Waals surface area contributed by atoms with Crippen LogP contribution in [0.1, 0.15) is 37.3 Å². The zero-order chi connectivity index (χ0) is 19.2. The normalized spacial score (nSPS) is 14.9. The fraction of sp³-hybridized carbons (Fsp3) is 0.435. The smallest absolute Gasteiger partial charge is 0.226 e. The Kier molecular flexibility index (Phi) is 6.38. The first kappa shape index (κ1) is 19.3. The third-order valence-electron chi connectivity index (χ3n) is 5.35. The van der Waals surface area contributed by atoms with Gasteiger partial charge in [-0.15, -0.1) is 0 Å². The summed E-state index contributed by atoms with van der Waals surface area (Å²) >= 11 is 0. The Hall–Kier alpha value is -2.49. The summed E-state index contributed by atoms with van der Waals surface area (Å²) in [6, 6.07) is 14.6. The van der Waals surface area contributed by atoms with Gasteiger partial charge in [0.15, 0.2) is 0 Å². The molecule has 0 spiro atoms. The van der Waals surface area contributed by atoms with Crippen molar-refractivity contribution in [1.82, 2.24) is 0 Å². The van der Waals surface area contributed by atoms with Crippen molar-refractivity contribution in [2.75, 3.05) is 35.2 Å². The number of carbonyl (C=O) groups excluding carboxylic acids is 1. The van der Waals surface area contributed by atoms with Crippen molar-refractivity contribution in [3.63, 3.8) is 0 Å². The monoisotopic (exact) mass is 365 g/mol. The molecule has 1 amide bonds. The molecule has 0 aromatic heterocycles. The standard InChI is InChI=1S/C23H31N3O/c1-17-11-14-26(15-12-17)21-7-5-20(6-8-21)24-13-10-23(27)25-22-9-4-18(2)16-19(22)3/h4-9,16-17,24H,10-15H2,1-3H3,(H,25,27). The molecule has 1 aliphatic heterocycles. The third-order valence-corrected chi connectivity index (χ3v) is 5.35. The van der Waals surface area contributed by atoms with Gasteiger partial charge in [-0.1, -0.05) is 24.6 Å². The van der Waals surface area contributed by atoms with Gasteiger partial charge in [-0.3, -0.25) is 4.79 Å². The molecule has 2 aromatic carbocycles. The second kappa shape index (κ2) is 8.94. The molecule has 4 heteroatoms. The highest BCUT2D eigenvalue weighted by atomic mass is 16.1. The maximum Gasteiger partial charge on any atom is 0.226 e. The molecule has 0 bridgehead atoms. The zero-order valence-corrected chi connectivity index (χ0v) is 16.7. The van der Waals surface area contributed by atoms with E-state index in [0.29, 0.717) is 13.0 Å². The summed E-state index contributed by atoms with van der Waals surface area (Å²) in [5.41, 5.74) is 5.54. The van der Waals surface area contributed by atoms with Gasteiger partial charge in [0.25, 0.3) is 0 Å². The number of carbonyl (C=O) groups is 1. The molecule has 1 saturated heterocycles. The Morgan fingerprint density at radius 2 is 1.78 bits per heavy atom. The molecular formula is C23H31N3O. The van der Waals surface area contributed by atoms with E-state index in [2.05, 4.69) is 59.7 Å². The number of aryl methyl sites for hydroxylation is 2. The predicted octanol–water partition coefficient (Wildman–Crippen LogP) is 4.98. The van der Waals surface area contributed by atoms with Crippen LogP contribution in [-0.2, 0) is 4.79 Å². The first-order valence-corrected chi connectivity index (χ1v) is 9.97. The first-order valence-electron chi connectivity index (χ1n) is 9.97. The van der Waals surface area contributed by atoms with Gasteiger partial charge in [0, 0.05) is 43.1 Å². The van der Waals surface area contributed by atoms with E-state index in [0.717, 1.165) is 35.9 Å². The average molecular weight is 366 g/mol. The minimum absolute atomic E-state index is 0.0357. The molecule has 1 aliphatic rings. The van der Waals surface area contributed by atoms with Crippen LogP contribution < -0.4 is 15.5 Å². The number of hydrogen-bond acceptors (Lipinski definition) is 3. The van der Waals surface area contributed by atoms with E-state index in [-0.39, 0.29) is 5.91 Å². The Labute approximate surface area is 163 Å². The molecule has 1 fully saturated rings. The molecule has 0 radical (unpaired) electrons. The van der Waals surface area contributed by atoms with E-state index < -0.39 is 0 Å². The molecule has 3 rings (SSSR count). The lowest BCUT2D eigenvalue weighted by Crippen LogP contribution is -2.32. The first-order chi connectivity index (χ1) is 13.0. The number of rotatable bonds is 6. The second-order valence-electron chi connectivity index (χ2n) is 7.76. The lowest BCUT2D eigenvalue weighted by molar-refractivity contribution is -0.115. The van der Waals surface area contributed by atoms with Crippen LogP contribution in [0, 0.1) is 19.8 Å². The highest BCUT2D eigenvalue weighted by Gasteiger charge is 2.15. The molecule has 1 heterocycles.